The van der Waals surface area contributed by atoms with Crippen molar-refractivity contribution in [3.05, 3.63) is 54.1 Å². The van der Waals surface area contributed by atoms with Crippen LogP contribution in [0, 0.1) is 0 Å². The molecule has 0 unspecified atom stereocenters. The molecular weight excluding hydrogens is 280 g/mol. The summed E-state index contributed by atoms with van der Waals surface area (Å²) in [5, 5.41) is 3.84. The van der Waals surface area contributed by atoms with E-state index in [2.05, 4.69) is 5.32 Å². The van der Waals surface area contributed by atoms with Crippen molar-refractivity contribution in [2.45, 2.75) is 13.5 Å². The number of amides is 1. The molecule has 1 amide bonds. The maximum absolute atomic E-state index is 12.3. The molecule has 22 heavy (non-hydrogen) atoms. The molecular formula is C17H18N2O3. The molecule has 3 aromatic rings. The monoisotopic (exact) mass is 298 g/mol. The summed E-state index contributed by atoms with van der Waals surface area (Å²) in [5.41, 5.74) is 1.60. The van der Waals surface area contributed by atoms with Crippen molar-refractivity contribution in [2.75, 3.05) is 6.61 Å². The van der Waals surface area contributed by atoms with E-state index in [-0.39, 0.29) is 5.91 Å². The van der Waals surface area contributed by atoms with Gasteiger partial charge in [-0.1, -0.05) is 0 Å². The first kappa shape index (κ1) is 14.3. The number of hydrogen-bond acceptors (Lipinski definition) is 3. The fourth-order valence-electron chi connectivity index (χ4n) is 2.47. The largest absolute Gasteiger partial charge is 0.494 e. The lowest BCUT2D eigenvalue weighted by Gasteiger charge is -2.05. The van der Waals surface area contributed by atoms with E-state index in [1.807, 2.05) is 48.9 Å². The van der Waals surface area contributed by atoms with Gasteiger partial charge in [-0.15, -0.1) is 0 Å². The third-order valence-electron chi connectivity index (χ3n) is 3.56. The summed E-state index contributed by atoms with van der Waals surface area (Å²) in [7, 11) is 1.88. The van der Waals surface area contributed by atoms with Crippen LogP contribution < -0.4 is 10.1 Å². The SMILES string of the molecule is CCOc1ccc2c(c1)cc(C(=O)NCc1ccco1)n2C. The molecule has 0 aliphatic heterocycles. The van der Waals surface area contributed by atoms with Gasteiger partial charge in [0, 0.05) is 18.0 Å². The van der Waals surface area contributed by atoms with Crippen molar-refractivity contribution < 1.29 is 13.9 Å². The van der Waals surface area contributed by atoms with Crippen LogP contribution in [-0.2, 0) is 13.6 Å². The van der Waals surface area contributed by atoms with Crippen LogP contribution in [0.5, 0.6) is 5.75 Å². The predicted octanol–water partition coefficient (Wildman–Crippen LogP) is 3.10. The van der Waals surface area contributed by atoms with Gasteiger partial charge in [0.1, 0.15) is 17.2 Å². The quantitative estimate of drug-likeness (QED) is 0.787. The first-order valence-corrected chi connectivity index (χ1v) is 7.22. The highest BCUT2D eigenvalue weighted by Crippen LogP contribution is 2.24. The Morgan fingerprint density at radius 3 is 2.91 bits per heavy atom. The van der Waals surface area contributed by atoms with Crippen molar-refractivity contribution in [1.82, 2.24) is 9.88 Å². The number of rotatable bonds is 5. The molecule has 0 saturated heterocycles. The highest BCUT2D eigenvalue weighted by molar-refractivity contribution is 5.98. The van der Waals surface area contributed by atoms with E-state index in [0.717, 1.165) is 22.4 Å². The summed E-state index contributed by atoms with van der Waals surface area (Å²) >= 11 is 0. The first-order valence-electron chi connectivity index (χ1n) is 7.22. The highest BCUT2D eigenvalue weighted by Gasteiger charge is 2.14. The van der Waals surface area contributed by atoms with Gasteiger partial charge in [0.05, 0.1) is 19.4 Å². The standard InChI is InChI=1S/C17H18N2O3/c1-3-21-13-6-7-15-12(9-13)10-16(19(15)2)17(20)18-11-14-5-4-8-22-14/h4-10H,3,11H2,1-2H3,(H,18,20). The van der Waals surface area contributed by atoms with Crippen molar-refractivity contribution in [1.29, 1.82) is 0 Å². The lowest BCUT2D eigenvalue weighted by Crippen LogP contribution is -2.24. The minimum atomic E-state index is -0.131. The number of ether oxygens (including phenoxy) is 1. The average molecular weight is 298 g/mol. The maximum atomic E-state index is 12.3. The molecule has 0 radical (unpaired) electrons. The van der Waals surface area contributed by atoms with Gasteiger partial charge in [-0.05, 0) is 43.3 Å². The number of aromatic nitrogens is 1. The van der Waals surface area contributed by atoms with Crippen LogP contribution in [0.1, 0.15) is 23.2 Å². The minimum Gasteiger partial charge on any atom is -0.494 e. The molecule has 5 nitrogen and oxygen atoms in total. The zero-order valence-electron chi connectivity index (χ0n) is 12.6. The Bertz CT molecular complexity index is 788. The molecule has 1 N–H and O–H groups in total. The average Bonchev–Trinajstić information content (AvgIpc) is 3.13. The Morgan fingerprint density at radius 1 is 1.32 bits per heavy atom. The second kappa shape index (κ2) is 5.97. The Hall–Kier alpha value is -2.69. The Morgan fingerprint density at radius 2 is 2.18 bits per heavy atom. The van der Waals surface area contributed by atoms with Gasteiger partial charge in [0.2, 0.25) is 0 Å². The van der Waals surface area contributed by atoms with Crippen molar-refractivity contribution in [3.8, 4) is 5.75 Å². The molecule has 1 aromatic carbocycles. The molecule has 2 aromatic heterocycles. The molecule has 2 heterocycles. The number of nitrogens with zero attached hydrogens (tertiary/aromatic N) is 1. The zero-order valence-corrected chi connectivity index (χ0v) is 12.6. The fourth-order valence-corrected chi connectivity index (χ4v) is 2.47. The van der Waals surface area contributed by atoms with E-state index < -0.39 is 0 Å². The van der Waals surface area contributed by atoms with Gasteiger partial charge in [-0.25, -0.2) is 0 Å². The van der Waals surface area contributed by atoms with Gasteiger partial charge in [0.25, 0.3) is 5.91 Å². The van der Waals surface area contributed by atoms with Crippen molar-refractivity contribution >= 4 is 16.8 Å². The molecule has 0 bridgehead atoms. The summed E-state index contributed by atoms with van der Waals surface area (Å²) in [4.78, 5) is 12.3. The van der Waals surface area contributed by atoms with Gasteiger partial charge in [-0.3, -0.25) is 4.79 Å². The molecule has 0 fully saturated rings. The number of carbonyl (C=O) groups is 1. The molecule has 0 spiro atoms. The van der Waals surface area contributed by atoms with Crippen LogP contribution in [0.25, 0.3) is 10.9 Å². The summed E-state index contributed by atoms with van der Waals surface area (Å²) in [6, 6.07) is 11.3. The van der Waals surface area contributed by atoms with E-state index in [1.165, 1.54) is 0 Å². The van der Waals surface area contributed by atoms with E-state index in [1.54, 1.807) is 12.3 Å². The number of aryl methyl sites for hydroxylation is 1. The second-order valence-corrected chi connectivity index (χ2v) is 5.00. The van der Waals surface area contributed by atoms with Crippen LogP contribution >= 0.6 is 0 Å². The number of fused-ring (bicyclic) bond motifs is 1. The van der Waals surface area contributed by atoms with Crippen LogP contribution in [0.15, 0.2) is 47.1 Å². The highest BCUT2D eigenvalue weighted by atomic mass is 16.5. The van der Waals surface area contributed by atoms with Gasteiger partial charge >= 0.3 is 0 Å². The first-order chi connectivity index (χ1) is 10.7. The summed E-state index contributed by atoms with van der Waals surface area (Å²) in [6.45, 7) is 2.94. The molecule has 5 heteroatoms. The predicted molar refractivity (Wildman–Crippen MR) is 84.0 cm³/mol. The molecule has 0 aliphatic carbocycles. The molecule has 0 aliphatic rings. The van der Waals surface area contributed by atoms with Crippen molar-refractivity contribution in [2.24, 2.45) is 7.05 Å². The molecule has 0 saturated carbocycles. The summed E-state index contributed by atoms with van der Waals surface area (Å²) in [6.07, 6.45) is 1.59. The Labute approximate surface area is 128 Å². The number of carbonyl (C=O) groups excluding carboxylic acids is 1. The normalized spacial score (nSPS) is 10.8. The van der Waals surface area contributed by atoms with Crippen LogP contribution in [0.2, 0.25) is 0 Å². The van der Waals surface area contributed by atoms with E-state index in [0.29, 0.717) is 18.8 Å². The van der Waals surface area contributed by atoms with E-state index in [9.17, 15) is 4.79 Å². The van der Waals surface area contributed by atoms with Crippen LogP contribution in [-0.4, -0.2) is 17.1 Å². The maximum Gasteiger partial charge on any atom is 0.268 e. The molecule has 114 valence electrons. The number of furan rings is 1. The molecule has 0 atom stereocenters. The summed E-state index contributed by atoms with van der Waals surface area (Å²) in [5.74, 6) is 1.40. The van der Waals surface area contributed by atoms with Gasteiger partial charge in [0.15, 0.2) is 0 Å². The van der Waals surface area contributed by atoms with Gasteiger partial charge < -0.3 is 19.0 Å². The number of benzene rings is 1. The van der Waals surface area contributed by atoms with E-state index >= 15 is 0 Å². The number of nitrogens with one attached hydrogen (secondary N) is 1. The lowest BCUT2D eigenvalue weighted by molar-refractivity contribution is 0.0940. The zero-order chi connectivity index (χ0) is 15.5. The fraction of sp³-hybridized carbons (Fsp3) is 0.235. The van der Waals surface area contributed by atoms with Crippen LogP contribution in [0.4, 0.5) is 0 Å². The Kier molecular flexibility index (Phi) is 3.87. The van der Waals surface area contributed by atoms with E-state index in [4.69, 9.17) is 9.15 Å². The third-order valence-corrected chi connectivity index (χ3v) is 3.56. The third kappa shape index (κ3) is 2.70. The lowest BCUT2D eigenvalue weighted by atomic mass is 10.2. The second-order valence-electron chi connectivity index (χ2n) is 5.00. The van der Waals surface area contributed by atoms with Gasteiger partial charge in [-0.2, -0.15) is 0 Å². The minimum absolute atomic E-state index is 0.131. The summed E-state index contributed by atoms with van der Waals surface area (Å²) < 4.78 is 12.6. The topological polar surface area (TPSA) is 56.4 Å². The smallest absolute Gasteiger partial charge is 0.268 e. The number of hydrogen-bond donors (Lipinski definition) is 1. The van der Waals surface area contributed by atoms with Crippen molar-refractivity contribution in [3.63, 3.8) is 0 Å². The van der Waals surface area contributed by atoms with Crippen LogP contribution in [0.3, 0.4) is 0 Å². The Balaban J connectivity index is 1.83. The molecule has 3 rings (SSSR count).